The molecule has 8 nitrogen and oxygen atoms in total. The van der Waals surface area contributed by atoms with Gasteiger partial charge in [0.2, 0.25) is 10.0 Å². The maximum Gasteiger partial charge on any atom is 0.250 e. The Bertz CT molecular complexity index is 696. The van der Waals surface area contributed by atoms with Crippen LogP contribution in [-0.2, 0) is 30.8 Å². The van der Waals surface area contributed by atoms with Crippen LogP contribution in [0.25, 0.3) is 0 Å². The Morgan fingerprint density at radius 1 is 1.19 bits per heavy atom. The number of rotatable bonds is 7. The van der Waals surface area contributed by atoms with Gasteiger partial charge in [-0.2, -0.15) is 0 Å². The van der Waals surface area contributed by atoms with E-state index in [2.05, 4.69) is 15.4 Å². The van der Waals surface area contributed by atoms with Crippen molar-refractivity contribution in [1.82, 2.24) is 15.4 Å². The molecule has 0 bridgehead atoms. The summed E-state index contributed by atoms with van der Waals surface area (Å²) in [7, 11) is -3.56. The molecule has 144 valence electrons. The molecule has 9 heteroatoms. The normalized spacial score (nSPS) is 23.7. The molecular formula is C17H25N3O5S. The lowest BCUT2D eigenvalue weighted by Gasteiger charge is -2.22. The van der Waals surface area contributed by atoms with Gasteiger partial charge in [-0.15, -0.1) is 0 Å². The maximum atomic E-state index is 12.3. The van der Waals surface area contributed by atoms with Gasteiger partial charge < -0.3 is 20.1 Å². The van der Waals surface area contributed by atoms with Crippen molar-refractivity contribution >= 4 is 15.9 Å². The second-order valence-electron chi connectivity index (χ2n) is 6.41. The van der Waals surface area contributed by atoms with Gasteiger partial charge in [0.25, 0.3) is 5.91 Å². The van der Waals surface area contributed by atoms with Gasteiger partial charge in [-0.3, -0.25) is 4.79 Å². The highest BCUT2D eigenvalue weighted by atomic mass is 32.2. The zero-order valence-corrected chi connectivity index (χ0v) is 15.4. The minimum atomic E-state index is -3.56. The third kappa shape index (κ3) is 5.24. The first kappa shape index (κ1) is 19.2. The van der Waals surface area contributed by atoms with Crippen LogP contribution in [0.4, 0.5) is 0 Å². The average molecular weight is 383 g/mol. The summed E-state index contributed by atoms with van der Waals surface area (Å²) in [5.41, 5.74) is 0.820. The van der Waals surface area contributed by atoms with Gasteiger partial charge in [0.1, 0.15) is 6.10 Å². The second-order valence-corrected chi connectivity index (χ2v) is 8.18. The van der Waals surface area contributed by atoms with Crippen LogP contribution in [-0.4, -0.2) is 59.4 Å². The lowest BCUT2D eigenvalue weighted by atomic mass is 10.2. The van der Waals surface area contributed by atoms with Crippen molar-refractivity contribution in [3.63, 3.8) is 0 Å². The number of carbonyl (C=O) groups is 1. The number of sulfonamides is 1. The fourth-order valence-corrected chi connectivity index (χ4v) is 3.98. The van der Waals surface area contributed by atoms with Crippen molar-refractivity contribution in [3.05, 3.63) is 29.8 Å². The van der Waals surface area contributed by atoms with Crippen LogP contribution >= 0.6 is 0 Å². The van der Waals surface area contributed by atoms with E-state index in [-0.39, 0.29) is 23.5 Å². The Morgan fingerprint density at radius 2 is 2.00 bits per heavy atom. The van der Waals surface area contributed by atoms with Crippen LogP contribution in [0.2, 0.25) is 0 Å². The quantitative estimate of drug-likeness (QED) is 0.600. The van der Waals surface area contributed by atoms with E-state index in [4.69, 9.17) is 9.47 Å². The van der Waals surface area contributed by atoms with Gasteiger partial charge >= 0.3 is 0 Å². The zero-order valence-electron chi connectivity index (χ0n) is 14.6. The average Bonchev–Trinajstić information content (AvgIpc) is 3.19. The van der Waals surface area contributed by atoms with E-state index in [9.17, 15) is 13.2 Å². The molecule has 0 saturated carbocycles. The number of nitrogens with one attached hydrogen (secondary N) is 3. The molecule has 3 N–H and O–H groups in total. The Hall–Kier alpha value is -1.52. The first-order chi connectivity index (χ1) is 12.5. The highest BCUT2D eigenvalue weighted by molar-refractivity contribution is 7.89. The van der Waals surface area contributed by atoms with Gasteiger partial charge in [-0.1, -0.05) is 12.1 Å². The van der Waals surface area contributed by atoms with E-state index in [0.717, 1.165) is 24.9 Å². The Labute approximate surface area is 153 Å². The molecule has 0 aromatic heterocycles. The number of ether oxygens (including phenoxy) is 2. The maximum absolute atomic E-state index is 12.3. The molecule has 2 aliphatic heterocycles. The molecule has 0 radical (unpaired) electrons. The zero-order chi connectivity index (χ0) is 18.4. The van der Waals surface area contributed by atoms with Gasteiger partial charge in [0.05, 0.1) is 17.6 Å². The molecule has 2 heterocycles. The summed E-state index contributed by atoms with van der Waals surface area (Å²) in [5.74, 6) is -0.174. The van der Waals surface area contributed by atoms with E-state index in [1.54, 1.807) is 12.1 Å². The second kappa shape index (κ2) is 8.92. The highest BCUT2D eigenvalue weighted by Gasteiger charge is 2.22. The van der Waals surface area contributed by atoms with Gasteiger partial charge in [-0.25, -0.2) is 13.1 Å². The van der Waals surface area contributed by atoms with Gasteiger partial charge in [0, 0.05) is 32.8 Å². The first-order valence-corrected chi connectivity index (χ1v) is 10.3. The molecule has 3 rings (SSSR count). The summed E-state index contributed by atoms with van der Waals surface area (Å²) >= 11 is 0. The summed E-state index contributed by atoms with van der Waals surface area (Å²) in [6, 6.07) is 6.47. The van der Waals surface area contributed by atoms with Crippen molar-refractivity contribution in [3.8, 4) is 0 Å². The standard InChI is InChI=1S/C17H25N3O5S/c21-17(16-12-18-7-9-25-16)19-10-13-3-5-15(6-4-13)26(22,23)20-11-14-2-1-8-24-14/h3-6,14,16,18,20H,1-2,7-12H2,(H,19,21). The third-order valence-corrected chi connectivity index (χ3v) is 5.88. The Morgan fingerprint density at radius 3 is 2.65 bits per heavy atom. The molecule has 26 heavy (non-hydrogen) atoms. The van der Waals surface area contributed by atoms with Crippen molar-refractivity contribution < 1.29 is 22.7 Å². The van der Waals surface area contributed by atoms with E-state index in [1.165, 1.54) is 12.1 Å². The minimum Gasteiger partial charge on any atom is -0.377 e. The largest absolute Gasteiger partial charge is 0.377 e. The summed E-state index contributed by atoms with van der Waals surface area (Å²) < 4.78 is 38.0. The monoisotopic (exact) mass is 383 g/mol. The van der Waals surface area contributed by atoms with Crippen LogP contribution in [0.3, 0.4) is 0 Å². The molecule has 0 aliphatic carbocycles. The molecule has 2 saturated heterocycles. The van der Waals surface area contributed by atoms with Crippen LogP contribution in [0, 0.1) is 0 Å². The number of morpholine rings is 1. The van der Waals surface area contributed by atoms with E-state index in [1.807, 2.05) is 0 Å². The number of carbonyl (C=O) groups excluding carboxylic acids is 1. The van der Waals surface area contributed by atoms with Crippen LogP contribution in [0.5, 0.6) is 0 Å². The fraction of sp³-hybridized carbons (Fsp3) is 0.588. The summed E-state index contributed by atoms with van der Waals surface area (Å²) in [6.45, 7) is 3.07. The molecule has 2 fully saturated rings. The molecule has 2 unspecified atom stereocenters. The molecular weight excluding hydrogens is 358 g/mol. The number of hydrogen-bond donors (Lipinski definition) is 3. The van der Waals surface area contributed by atoms with Crippen LogP contribution < -0.4 is 15.4 Å². The Balaban J connectivity index is 1.49. The highest BCUT2D eigenvalue weighted by Crippen LogP contribution is 2.14. The molecule has 0 spiro atoms. The third-order valence-electron chi connectivity index (χ3n) is 4.45. The lowest BCUT2D eigenvalue weighted by molar-refractivity contribution is -0.134. The van der Waals surface area contributed by atoms with Crippen molar-refractivity contribution in [2.45, 2.75) is 36.5 Å². The summed E-state index contributed by atoms with van der Waals surface area (Å²) in [6.07, 6.45) is 1.32. The van der Waals surface area contributed by atoms with Crippen molar-refractivity contribution in [2.24, 2.45) is 0 Å². The van der Waals surface area contributed by atoms with E-state index >= 15 is 0 Å². The smallest absolute Gasteiger partial charge is 0.250 e. The SMILES string of the molecule is O=C(NCc1ccc(S(=O)(=O)NCC2CCCO2)cc1)C1CNCCO1. The van der Waals surface area contributed by atoms with Gasteiger partial charge in [0.15, 0.2) is 0 Å². The Kier molecular flexibility index (Phi) is 6.60. The lowest BCUT2D eigenvalue weighted by Crippen LogP contribution is -2.47. The topological polar surface area (TPSA) is 106 Å². The molecule has 2 aliphatic rings. The predicted octanol–water partition coefficient (Wildman–Crippen LogP) is -0.251. The van der Waals surface area contributed by atoms with E-state index in [0.29, 0.717) is 26.3 Å². The number of benzene rings is 1. The predicted molar refractivity (Wildman–Crippen MR) is 95.1 cm³/mol. The van der Waals surface area contributed by atoms with E-state index < -0.39 is 16.1 Å². The molecule has 1 aromatic rings. The van der Waals surface area contributed by atoms with Crippen LogP contribution in [0.15, 0.2) is 29.2 Å². The summed E-state index contributed by atoms with van der Waals surface area (Å²) in [4.78, 5) is 12.2. The number of amides is 1. The minimum absolute atomic E-state index is 0.0456. The molecule has 1 aromatic carbocycles. The number of hydrogen-bond acceptors (Lipinski definition) is 6. The van der Waals surface area contributed by atoms with Gasteiger partial charge in [-0.05, 0) is 30.5 Å². The fourth-order valence-electron chi connectivity index (χ4n) is 2.91. The van der Waals surface area contributed by atoms with Crippen LogP contribution in [0.1, 0.15) is 18.4 Å². The van der Waals surface area contributed by atoms with Crippen molar-refractivity contribution in [1.29, 1.82) is 0 Å². The van der Waals surface area contributed by atoms with Crippen molar-refractivity contribution in [2.75, 3.05) is 32.8 Å². The molecule has 1 amide bonds. The summed E-state index contributed by atoms with van der Waals surface area (Å²) in [5, 5.41) is 5.91. The first-order valence-electron chi connectivity index (χ1n) is 8.85. The molecule has 2 atom stereocenters.